The fraction of sp³-hybridized carbons (Fsp3) is 0.389. The summed E-state index contributed by atoms with van der Waals surface area (Å²) in [6.45, 7) is 2.21. The van der Waals surface area contributed by atoms with Crippen LogP contribution in [0.2, 0.25) is 0 Å². The first-order valence-corrected chi connectivity index (χ1v) is 8.86. The normalized spacial score (nSPS) is 13.4. The monoisotopic (exact) mass is 367 g/mol. The quantitative estimate of drug-likeness (QED) is 0.645. The van der Waals surface area contributed by atoms with Gasteiger partial charge in [0.05, 0.1) is 12.5 Å². The summed E-state index contributed by atoms with van der Waals surface area (Å²) in [6.07, 6.45) is 11.3. The van der Waals surface area contributed by atoms with Gasteiger partial charge in [0.25, 0.3) is 0 Å². The molecule has 27 heavy (non-hydrogen) atoms. The lowest BCUT2D eigenvalue weighted by molar-refractivity contribution is -0.132. The smallest absolute Gasteiger partial charge is 0.232 e. The van der Waals surface area contributed by atoms with Crippen molar-refractivity contribution in [1.29, 1.82) is 0 Å². The summed E-state index contributed by atoms with van der Waals surface area (Å²) in [6, 6.07) is 0. The van der Waals surface area contributed by atoms with Crippen LogP contribution < -0.4 is 4.74 Å². The van der Waals surface area contributed by atoms with Crippen molar-refractivity contribution in [2.75, 3.05) is 6.54 Å². The van der Waals surface area contributed by atoms with Crippen LogP contribution in [0.15, 0.2) is 37.3 Å². The van der Waals surface area contributed by atoms with Gasteiger partial charge in [-0.2, -0.15) is 5.10 Å². The van der Waals surface area contributed by atoms with E-state index in [9.17, 15) is 4.79 Å². The molecule has 1 aliphatic heterocycles. The minimum atomic E-state index is 0.138. The predicted octanol–water partition coefficient (Wildman–Crippen LogP) is 0.961. The Labute approximate surface area is 156 Å². The van der Waals surface area contributed by atoms with Crippen LogP contribution in [0, 0.1) is 0 Å². The third kappa shape index (κ3) is 3.81. The predicted molar refractivity (Wildman–Crippen MR) is 95.5 cm³/mol. The van der Waals surface area contributed by atoms with Crippen molar-refractivity contribution in [1.82, 2.24) is 34.2 Å². The number of rotatable bonds is 6. The lowest BCUT2D eigenvalue weighted by atomic mass is 10.0. The van der Waals surface area contributed by atoms with Gasteiger partial charge >= 0.3 is 0 Å². The van der Waals surface area contributed by atoms with Crippen molar-refractivity contribution in [2.24, 2.45) is 7.05 Å². The molecule has 4 rings (SSSR count). The molecule has 0 bridgehead atoms. The molecule has 0 aliphatic carbocycles. The molecule has 0 saturated carbocycles. The molecular formula is C18H21N7O2. The average Bonchev–Trinajstić information content (AvgIpc) is 3.33. The summed E-state index contributed by atoms with van der Waals surface area (Å²) in [7, 11) is 1.93. The van der Waals surface area contributed by atoms with E-state index < -0.39 is 0 Å². The molecule has 3 aromatic rings. The van der Waals surface area contributed by atoms with Crippen LogP contribution in [0.1, 0.15) is 23.4 Å². The molecular weight excluding hydrogens is 346 g/mol. The van der Waals surface area contributed by atoms with Crippen LogP contribution in [0.4, 0.5) is 0 Å². The highest BCUT2D eigenvalue weighted by atomic mass is 16.5. The zero-order chi connectivity index (χ0) is 18.6. The molecule has 4 heterocycles. The molecule has 140 valence electrons. The number of amides is 1. The van der Waals surface area contributed by atoms with Gasteiger partial charge in [0.15, 0.2) is 0 Å². The lowest BCUT2D eigenvalue weighted by Gasteiger charge is -2.28. The van der Waals surface area contributed by atoms with E-state index in [1.807, 2.05) is 27.4 Å². The Balaban J connectivity index is 1.42. The van der Waals surface area contributed by atoms with Gasteiger partial charge < -0.3 is 14.2 Å². The number of aromatic nitrogens is 6. The highest BCUT2D eigenvalue weighted by Crippen LogP contribution is 2.23. The molecule has 0 radical (unpaired) electrons. The number of hydrogen-bond acceptors (Lipinski definition) is 6. The molecule has 0 unspecified atom stereocenters. The number of imidazole rings is 1. The Morgan fingerprint density at radius 1 is 1.26 bits per heavy atom. The Morgan fingerprint density at radius 3 is 2.96 bits per heavy atom. The SMILES string of the molecule is Cn1nc(COc2cnccn2)c2c1CCN(C(=O)CCn1ccnc1)C2. The Kier molecular flexibility index (Phi) is 4.82. The zero-order valence-electron chi connectivity index (χ0n) is 15.2. The van der Waals surface area contributed by atoms with Crippen molar-refractivity contribution >= 4 is 5.91 Å². The summed E-state index contributed by atoms with van der Waals surface area (Å²) >= 11 is 0. The van der Waals surface area contributed by atoms with Crippen LogP contribution in [0.5, 0.6) is 5.88 Å². The van der Waals surface area contributed by atoms with Gasteiger partial charge in [-0.25, -0.2) is 9.97 Å². The van der Waals surface area contributed by atoms with Crippen LogP contribution in [0.25, 0.3) is 0 Å². The van der Waals surface area contributed by atoms with Gasteiger partial charge in [-0.15, -0.1) is 0 Å². The number of carbonyl (C=O) groups is 1. The maximum Gasteiger partial charge on any atom is 0.232 e. The second-order valence-electron chi connectivity index (χ2n) is 6.44. The highest BCUT2D eigenvalue weighted by molar-refractivity contribution is 5.76. The zero-order valence-corrected chi connectivity index (χ0v) is 15.2. The summed E-state index contributed by atoms with van der Waals surface area (Å²) in [5.41, 5.74) is 3.07. The standard InChI is InChI=1S/C18H21N7O2/c1-23-16-2-8-25(18(26)3-7-24-9-6-20-13-24)11-14(16)15(22-23)12-27-17-10-19-4-5-21-17/h4-6,9-10,13H,2-3,7-8,11-12H2,1H3. The summed E-state index contributed by atoms with van der Waals surface area (Å²) in [5, 5.41) is 4.58. The first kappa shape index (κ1) is 17.2. The second kappa shape index (κ2) is 7.56. The van der Waals surface area contributed by atoms with Crippen molar-refractivity contribution in [3.63, 3.8) is 0 Å². The summed E-state index contributed by atoms with van der Waals surface area (Å²) in [5.74, 6) is 0.597. The third-order valence-corrected chi connectivity index (χ3v) is 4.72. The molecule has 1 amide bonds. The minimum Gasteiger partial charge on any atom is -0.470 e. The van der Waals surface area contributed by atoms with Crippen LogP contribution in [-0.4, -0.2) is 46.7 Å². The van der Waals surface area contributed by atoms with E-state index >= 15 is 0 Å². The van der Waals surface area contributed by atoms with Gasteiger partial charge in [0, 0.05) is 75.6 Å². The molecule has 3 aromatic heterocycles. The van der Waals surface area contributed by atoms with E-state index in [0.29, 0.717) is 38.5 Å². The van der Waals surface area contributed by atoms with Crippen molar-refractivity contribution in [3.05, 3.63) is 54.3 Å². The fourth-order valence-corrected chi connectivity index (χ4v) is 3.30. The summed E-state index contributed by atoms with van der Waals surface area (Å²) in [4.78, 5) is 26.6. The third-order valence-electron chi connectivity index (χ3n) is 4.72. The van der Waals surface area contributed by atoms with Crippen LogP contribution >= 0.6 is 0 Å². The van der Waals surface area contributed by atoms with E-state index in [2.05, 4.69) is 20.1 Å². The Morgan fingerprint density at radius 2 is 2.19 bits per heavy atom. The van der Waals surface area contributed by atoms with Gasteiger partial charge in [-0.3, -0.25) is 14.5 Å². The number of aryl methyl sites for hydroxylation is 2. The van der Waals surface area contributed by atoms with E-state index in [0.717, 1.165) is 23.4 Å². The topological polar surface area (TPSA) is 91.0 Å². The maximum absolute atomic E-state index is 12.6. The van der Waals surface area contributed by atoms with E-state index in [4.69, 9.17) is 4.74 Å². The molecule has 1 aliphatic rings. The van der Waals surface area contributed by atoms with Crippen molar-refractivity contribution in [2.45, 2.75) is 32.5 Å². The van der Waals surface area contributed by atoms with Crippen molar-refractivity contribution in [3.8, 4) is 5.88 Å². The maximum atomic E-state index is 12.6. The first-order chi connectivity index (χ1) is 13.2. The Hall–Kier alpha value is -3.23. The highest BCUT2D eigenvalue weighted by Gasteiger charge is 2.26. The first-order valence-electron chi connectivity index (χ1n) is 8.86. The largest absolute Gasteiger partial charge is 0.470 e. The molecule has 0 spiro atoms. The van der Waals surface area contributed by atoms with Gasteiger partial charge in [0.2, 0.25) is 11.8 Å². The average molecular weight is 367 g/mol. The van der Waals surface area contributed by atoms with Crippen LogP contribution in [-0.2, 0) is 38.0 Å². The van der Waals surface area contributed by atoms with Gasteiger partial charge in [-0.1, -0.05) is 0 Å². The van der Waals surface area contributed by atoms with E-state index in [1.54, 1.807) is 31.1 Å². The van der Waals surface area contributed by atoms with Gasteiger partial charge in [-0.05, 0) is 0 Å². The number of carbonyl (C=O) groups excluding carboxylic acids is 1. The number of ether oxygens (including phenoxy) is 1. The van der Waals surface area contributed by atoms with Crippen LogP contribution in [0.3, 0.4) is 0 Å². The molecule has 9 nitrogen and oxygen atoms in total. The number of fused-ring (bicyclic) bond motifs is 1. The molecule has 0 N–H and O–H groups in total. The van der Waals surface area contributed by atoms with Gasteiger partial charge in [0.1, 0.15) is 12.3 Å². The number of hydrogen-bond donors (Lipinski definition) is 0. The second-order valence-corrected chi connectivity index (χ2v) is 6.44. The molecule has 0 aromatic carbocycles. The van der Waals surface area contributed by atoms with Crippen molar-refractivity contribution < 1.29 is 9.53 Å². The number of nitrogens with zero attached hydrogens (tertiary/aromatic N) is 7. The molecule has 9 heteroatoms. The molecule has 0 atom stereocenters. The summed E-state index contributed by atoms with van der Waals surface area (Å²) < 4.78 is 9.50. The van der Waals surface area contributed by atoms with E-state index in [1.165, 1.54) is 0 Å². The Bertz CT molecular complexity index is 905. The molecule has 0 saturated heterocycles. The van der Waals surface area contributed by atoms with E-state index in [-0.39, 0.29) is 5.91 Å². The minimum absolute atomic E-state index is 0.138. The fourth-order valence-electron chi connectivity index (χ4n) is 3.30. The molecule has 0 fully saturated rings. The lowest BCUT2D eigenvalue weighted by Crippen LogP contribution is -2.36.